The van der Waals surface area contributed by atoms with Gasteiger partial charge in [-0.1, -0.05) is 0 Å². The highest BCUT2D eigenvalue weighted by molar-refractivity contribution is 5.64. The molecule has 0 saturated carbocycles. The van der Waals surface area contributed by atoms with Crippen LogP contribution in [-0.2, 0) is 15.9 Å². The number of methoxy groups -OCH3 is 4. The lowest BCUT2D eigenvalue weighted by Gasteiger charge is -2.43. The van der Waals surface area contributed by atoms with Crippen molar-refractivity contribution in [1.29, 1.82) is 0 Å². The first-order valence-electron chi connectivity index (χ1n) is 13.1. The minimum atomic E-state index is -1.63. The SMILES string of the molecule is COc1cc([C@@H]2c3c(cc(OC)c(O)c3OC)C[C@H](CO)[C@@H]2CO[C@H]2O[C@H](CO)[C@@H](O)[C@H](O)[C@H]2O)cc(OC)c1O. The zero-order chi connectivity index (χ0) is 30.0. The van der Waals surface area contributed by atoms with Crippen LogP contribution in [0.3, 0.4) is 0 Å². The predicted molar refractivity (Wildman–Crippen MR) is 142 cm³/mol. The summed E-state index contributed by atoms with van der Waals surface area (Å²) in [5.41, 5.74) is 1.88. The van der Waals surface area contributed by atoms with Gasteiger partial charge in [-0.05, 0) is 47.6 Å². The van der Waals surface area contributed by atoms with E-state index in [4.69, 9.17) is 28.4 Å². The molecule has 2 aromatic rings. The smallest absolute Gasteiger partial charge is 0.201 e. The number of fused-ring (bicyclic) bond motifs is 1. The van der Waals surface area contributed by atoms with Crippen molar-refractivity contribution < 1.29 is 64.2 Å². The van der Waals surface area contributed by atoms with E-state index in [1.165, 1.54) is 28.4 Å². The molecule has 13 nitrogen and oxygen atoms in total. The molecule has 0 bridgehead atoms. The van der Waals surface area contributed by atoms with Crippen molar-refractivity contribution in [3.8, 4) is 34.5 Å². The Bertz CT molecular complexity index is 1180. The number of benzene rings is 2. The van der Waals surface area contributed by atoms with Gasteiger partial charge in [-0.25, -0.2) is 0 Å². The summed E-state index contributed by atoms with van der Waals surface area (Å²) in [6.07, 6.45) is -7.02. The average Bonchev–Trinajstić information content (AvgIpc) is 2.98. The third-order valence-electron chi connectivity index (χ3n) is 7.99. The summed E-state index contributed by atoms with van der Waals surface area (Å²) in [6.45, 7) is -1.02. The molecular formula is C28H38O13. The second-order valence-electron chi connectivity index (χ2n) is 10.1. The molecule has 41 heavy (non-hydrogen) atoms. The van der Waals surface area contributed by atoms with Crippen LogP contribution < -0.4 is 18.9 Å². The van der Waals surface area contributed by atoms with Gasteiger partial charge in [0.15, 0.2) is 29.3 Å². The van der Waals surface area contributed by atoms with Gasteiger partial charge in [-0.2, -0.15) is 0 Å². The van der Waals surface area contributed by atoms with Crippen LogP contribution in [0.25, 0.3) is 0 Å². The van der Waals surface area contributed by atoms with Gasteiger partial charge in [0.25, 0.3) is 0 Å². The summed E-state index contributed by atoms with van der Waals surface area (Å²) in [7, 11) is 5.60. The maximum Gasteiger partial charge on any atom is 0.201 e. The molecule has 1 fully saturated rings. The van der Waals surface area contributed by atoms with Crippen molar-refractivity contribution in [1.82, 2.24) is 0 Å². The van der Waals surface area contributed by atoms with E-state index in [0.29, 0.717) is 17.5 Å². The molecule has 0 aromatic heterocycles. The molecule has 1 heterocycles. The van der Waals surface area contributed by atoms with Gasteiger partial charge in [0.05, 0.1) is 41.7 Å². The van der Waals surface area contributed by atoms with Gasteiger partial charge >= 0.3 is 0 Å². The fourth-order valence-electron chi connectivity index (χ4n) is 5.83. The first-order valence-corrected chi connectivity index (χ1v) is 13.1. The second kappa shape index (κ2) is 12.9. The maximum atomic E-state index is 11.0. The highest BCUT2D eigenvalue weighted by Gasteiger charge is 2.46. The second-order valence-corrected chi connectivity index (χ2v) is 10.1. The van der Waals surface area contributed by atoms with Crippen molar-refractivity contribution in [3.05, 3.63) is 34.9 Å². The lowest BCUT2D eigenvalue weighted by Crippen LogP contribution is -2.59. The van der Waals surface area contributed by atoms with Gasteiger partial charge in [-0.15, -0.1) is 0 Å². The predicted octanol–water partition coefficient (Wildman–Crippen LogP) is -0.139. The third-order valence-corrected chi connectivity index (χ3v) is 7.99. The lowest BCUT2D eigenvalue weighted by atomic mass is 9.66. The van der Waals surface area contributed by atoms with Gasteiger partial charge in [-0.3, -0.25) is 0 Å². The van der Waals surface area contributed by atoms with Gasteiger partial charge in [0, 0.05) is 18.1 Å². The monoisotopic (exact) mass is 582 g/mol. The van der Waals surface area contributed by atoms with Crippen molar-refractivity contribution in [2.75, 3.05) is 48.3 Å². The minimum absolute atomic E-state index is 0.123. The van der Waals surface area contributed by atoms with E-state index in [-0.39, 0.29) is 47.7 Å². The topological polar surface area (TPSA) is 197 Å². The molecule has 0 radical (unpaired) electrons. The fourth-order valence-corrected chi connectivity index (χ4v) is 5.83. The normalized spacial score (nSPS) is 29.5. The van der Waals surface area contributed by atoms with Crippen LogP contribution in [0, 0.1) is 11.8 Å². The summed E-state index contributed by atoms with van der Waals surface area (Å²) >= 11 is 0. The maximum absolute atomic E-state index is 11.0. The average molecular weight is 583 g/mol. The van der Waals surface area contributed by atoms with E-state index in [2.05, 4.69) is 0 Å². The summed E-state index contributed by atoms with van der Waals surface area (Å²) in [4.78, 5) is 0. The molecule has 1 aliphatic carbocycles. The molecule has 2 aromatic carbocycles. The number of aliphatic hydroxyl groups is 5. The lowest BCUT2D eigenvalue weighted by molar-refractivity contribution is -0.304. The molecule has 8 atom stereocenters. The number of aliphatic hydroxyl groups excluding tert-OH is 5. The number of phenols is 2. The zero-order valence-electron chi connectivity index (χ0n) is 23.3. The Morgan fingerprint density at radius 1 is 0.780 bits per heavy atom. The molecule has 2 aliphatic rings. The molecule has 4 rings (SSSR count). The Morgan fingerprint density at radius 2 is 1.39 bits per heavy atom. The van der Waals surface area contributed by atoms with Crippen molar-refractivity contribution >= 4 is 0 Å². The van der Waals surface area contributed by atoms with Crippen molar-refractivity contribution in [2.24, 2.45) is 11.8 Å². The van der Waals surface area contributed by atoms with Gasteiger partial charge < -0.3 is 64.2 Å². The van der Waals surface area contributed by atoms with Gasteiger partial charge in [0.1, 0.15) is 24.4 Å². The van der Waals surface area contributed by atoms with E-state index >= 15 is 0 Å². The minimum Gasteiger partial charge on any atom is -0.502 e. The standard InChI is InChI=1S/C28H38O13/c1-36-16-7-13(8-17(37-2)22(16)31)20-15(11-40-28-26(35)25(34)23(32)19(10-30)41-28)14(9-29)5-12-6-18(38-3)24(33)27(39-4)21(12)20/h6-8,14-15,19-20,23,25-26,28-35H,5,9-11H2,1-4H3/t14-,15+,19-,20+,23-,25+,26-,28+/m1/s1. The highest BCUT2D eigenvalue weighted by Crippen LogP contribution is 2.54. The van der Waals surface area contributed by atoms with Crippen LogP contribution in [0.5, 0.6) is 34.5 Å². The number of phenolic OH excluding ortho intramolecular Hbond substituents is 2. The van der Waals surface area contributed by atoms with Crippen molar-refractivity contribution in [3.63, 3.8) is 0 Å². The summed E-state index contributed by atoms with van der Waals surface area (Å²) in [5, 5.41) is 72.6. The van der Waals surface area contributed by atoms with Crippen molar-refractivity contribution in [2.45, 2.75) is 43.0 Å². The molecule has 13 heteroatoms. The van der Waals surface area contributed by atoms with E-state index in [0.717, 1.165) is 5.56 Å². The third kappa shape index (κ3) is 5.58. The quantitative estimate of drug-likeness (QED) is 0.196. The number of rotatable bonds is 10. The fraction of sp³-hybridized carbons (Fsp3) is 0.571. The van der Waals surface area contributed by atoms with E-state index in [9.17, 15) is 35.7 Å². The Kier molecular flexibility index (Phi) is 9.70. The Hall–Kier alpha value is -3.04. The molecule has 0 amide bonds. The highest BCUT2D eigenvalue weighted by atomic mass is 16.7. The van der Waals surface area contributed by atoms with Crippen LogP contribution in [0.4, 0.5) is 0 Å². The Morgan fingerprint density at radius 3 is 1.93 bits per heavy atom. The first kappa shape index (κ1) is 30.9. The summed E-state index contributed by atoms with van der Waals surface area (Å²) in [6, 6.07) is 4.88. The number of hydrogen-bond acceptors (Lipinski definition) is 13. The molecule has 228 valence electrons. The molecule has 0 spiro atoms. The van der Waals surface area contributed by atoms with Crippen LogP contribution in [0.2, 0.25) is 0 Å². The first-order chi connectivity index (χ1) is 19.6. The van der Waals surface area contributed by atoms with E-state index in [1.807, 2.05) is 0 Å². The Labute approximate surface area is 237 Å². The molecule has 0 unspecified atom stereocenters. The summed E-state index contributed by atoms with van der Waals surface area (Å²) in [5.74, 6) is -1.51. The largest absolute Gasteiger partial charge is 0.502 e. The van der Waals surface area contributed by atoms with Crippen LogP contribution in [-0.4, -0.2) is 115 Å². The van der Waals surface area contributed by atoms with E-state index in [1.54, 1.807) is 18.2 Å². The molecule has 7 N–H and O–H groups in total. The van der Waals surface area contributed by atoms with Gasteiger partial charge in [0.2, 0.25) is 11.5 Å². The van der Waals surface area contributed by atoms with Crippen LogP contribution >= 0.6 is 0 Å². The molecule has 1 saturated heterocycles. The summed E-state index contributed by atoms with van der Waals surface area (Å²) < 4.78 is 33.3. The van der Waals surface area contributed by atoms with Crippen LogP contribution in [0.1, 0.15) is 22.6 Å². The van der Waals surface area contributed by atoms with E-state index < -0.39 is 55.1 Å². The molecular weight excluding hydrogens is 544 g/mol. The number of ether oxygens (including phenoxy) is 6. The zero-order valence-corrected chi connectivity index (χ0v) is 23.3. The Balaban J connectivity index is 1.85. The number of aromatic hydroxyl groups is 2. The number of hydrogen-bond donors (Lipinski definition) is 7. The molecule has 1 aliphatic heterocycles. The van der Waals surface area contributed by atoms with Crippen LogP contribution in [0.15, 0.2) is 18.2 Å².